The molecule has 0 amide bonds. The molecule has 3 aromatic rings. The smallest absolute Gasteiger partial charge is 0.387 e. The zero-order chi connectivity index (χ0) is 21.6. The second kappa shape index (κ2) is 7.52. The Morgan fingerprint density at radius 2 is 2.13 bits per heavy atom. The van der Waals surface area contributed by atoms with Crippen LogP contribution in [-0.4, -0.2) is 34.3 Å². The molecule has 0 saturated heterocycles. The Labute approximate surface area is 172 Å². The summed E-state index contributed by atoms with van der Waals surface area (Å²) in [5.74, 6) is -0.539. The highest BCUT2D eigenvalue weighted by atomic mass is 32.1. The van der Waals surface area contributed by atoms with E-state index in [1.54, 1.807) is 25.1 Å². The van der Waals surface area contributed by atoms with Gasteiger partial charge in [0.05, 0.1) is 12.5 Å². The number of carboxylic acids is 1. The number of benzene rings is 1. The number of halogens is 2. The van der Waals surface area contributed by atoms with E-state index < -0.39 is 12.6 Å². The summed E-state index contributed by atoms with van der Waals surface area (Å²) in [6.07, 6.45) is 2.35. The molecule has 156 valence electrons. The predicted octanol–water partition coefficient (Wildman–Crippen LogP) is 4.02. The third-order valence-corrected chi connectivity index (χ3v) is 6.05. The van der Waals surface area contributed by atoms with Crippen molar-refractivity contribution in [3.63, 3.8) is 0 Å². The van der Waals surface area contributed by atoms with Gasteiger partial charge < -0.3 is 14.6 Å². The minimum atomic E-state index is -2.96. The van der Waals surface area contributed by atoms with E-state index in [2.05, 4.69) is 9.72 Å². The summed E-state index contributed by atoms with van der Waals surface area (Å²) < 4.78 is 36.1. The largest absolute Gasteiger partial charge is 0.493 e. The van der Waals surface area contributed by atoms with E-state index in [4.69, 9.17) is 4.74 Å². The maximum atomic E-state index is 12.9. The van der Waals surface area contributed by atoms with Crippen LogP contribution in [0.15, 0.2) is 23.0 Å². The minimum absolute atomic E-state index is 0.0761. The Balaban J connectivity index is 1.79. The van der Waals surface area contributed by atoms with Gasteiger partial charge in [-0.25, -0.2) is 9.78 Å². The molecule has 0 radical (unpaired) electrons. The quantitative estimate of drug-likeness (QED) is 0.652. The summed E-state index contributed by atoms with van der Waals surface area (Å²) in [7, 11) is 1.35. The fourth-order valence-electron chi connectivity index (χ4n) is 3.52. The molecule has 1 aliphatic rings. The molecule has 10 heteroatoms. The van der Waals surface area contributed by atoms with Gasteiger partial charge in [-0.2, -0.15) is 8.78 Å². The van der Waals surface area contributed by atoms with Gasteiger partial charge in [0, 0.05) is 6.54 Å². The first-order valence-electron chi connectivity index (χ1n) is 8.91. The molecule has 7 nitrogen and oxygen atoms in total. The van der Waals surface area contributed by atoms with Crippen molar-refractivity contribution < 1.29 is 28.2 Å². The van der Waals surface area contributed by atoms with Crippen molar-refractivity contribution in [2.24, 2.45) is 0 Å². The maximum absolute atomic E-state index is 12.9. The summed E-state index contributed by atoms with van der Waals surface area (Å²) in [5, 5.41) is 9.67. The van der Waals surface area contributed by atoms with Crippen LogP contribution in [0.3, 0.4) is 0 Å². The topological polar surface area (TPSA) is 90.7 Å². The first-order valence-corrected chi connectivity index (χ1v) is 9.72. The van der Waals surface area contributed by atoms with Crippen LogP contribution in [0.5, 0.6) is 11.5 Å². The number of allylic oxidation sites excluding steroid dienone is 1. The van der Waals surface area contributed by atoms with Crippen LogP contribution in [0.1, 0.15) is 33.0 Å². The van der Waals surface area contributed by atoms with Gasteiger partial charge in [0.1, 0.15) is 15.5 Å². The van der Waals surface area contributed by atoms with Gasteiger partial charge in [-0.15, -0.1) is 11.3 Å². The van der Waals surface area contributed by atoms with Crippen LogP contribution in [0, 0.1) is 6.92 Å². The lowest BCUT2D eigenvalue weighted by atomic mass is 10.1. The zero-order valence-electron chi connectivity index (χ0n) is 15.9. The molecule has 1 N–H and O–H groups in total. The molecule has 30 heavy (non-hydrogen) atoms. The lowest BCUT2D eigenvalue weighted by Crippen LogP contribution is -2.20. The van der Waals surface area contributed by atoms with E-state index in [-0.39, 0.29) is 21.9 Å². The molecule has 1 aliphatic heterocycles. The van der Waals surface area contributed by atoms with E-state index >= 15 is 0 Å². The highest BCUT2D eigenvalue weighted by molar-refractivity contribution is 7.20. The number of carboxylic acid groups (broad SMARTS) is 1. The van der Waals surface area contributed by atoms with Crippen LogP contribution < -0.4 is 15.0 Å². The Kier molecular flexibility index (Phi) is 5.02. The summed E-state index contributed by atoms with van der Waals surface area (Å²) >= 11 is 0.975. The fraction of sp³-hybridized carbons (Fsp3) is 0.250. The normalized spacial score (nSPS) is 14.5. The second-order valence-corrected chi connectivity index (χ2v) is 7.64. The van der Waals surface area contributed by atoms with Crippen molar-refractivity contribution in [2.75, 3.05) is 7.11 Å². The van der Waals surface area contributed by atoms with Gasteiger partial charge >= 0.3 is 12.6 Å². The number of thiophene rings is 1. The first-order chi connectivity index (χ1) is 14.3. The van der Waals surface area contributed by atoms with E-state index in [1.807, 2.05) is 0 Å². The highest BCUT2D eigenvalue weighted by Gasteiger charge is 2.25. The van der Waals surface area contributed by atoms with Crippen molar-refractivity contribution in [1.29, 1.82) is 0 Å². The van der Waals surface area contributed by atoms with Gasteiger partial charge in [0.2, 0.25) is 0 Å². The molecule has 0 bridgehead atoms. The Bertz CT molecular complexity index is 1260. The Hall–Kier alpha value is -3.27. The van der Waals surface area contributed by atoms with Gasteiger partial charge in [-0.3, -0.25) is 9.36 Å². The molecule has 3 heterocycles. The highest BCUT2D eigenvalue weighted by Crippen LogP contribution is 2.34. The average Bonchev–Trinajstić information content (AvgIpc) is 3.24. The van der Waals surface area contributed by atoms with Crippen molar-refractivity contribution in [1.82, 2.24) is 9.55 Å². The van der Waals surface area contributed by atoms with E-state index in [0.29, 0.717) is 40.1 Å². The lowest BCUT2D eigenvalue weighted by Gasteiger charge is -2.10. The number of hydrogen-bond donors (Lipinski definition) is 1. The van der Waals surface area contributed by atoms with Crippen molar-refractivity contribution in [3.05, 3.63) is 50.4 Å². The Morgan fingerprint density at radius 3 is 2.80 bits per heavy atom. The van der Waals surface area contributed by atoms with Crippen LogP contribution in [0.25, 0.3) is 21.9 Å². The molecular formula is C20H16F2N2O5S. The fourth-order valence-corrected chi connectivity index (χ4v) is 4.53. The summed E-state index contributed by atoms with van der Waals surface area (Å²) in [5.41, 5.74) is 1.60. The molecule has 0 atom stereocenters. The summed E-state index contributed by atoms with van der Waals surface area (Å²) in [4.78, 5) is 29.4. The van der Waals surface area contributed by atoms with E-state index in [9.17, 15) is 23.5 Å². The van der Waals surface area contributed by atoms with Gasteiger partial charge in [-0.1, -0.05) is 6.07 Å². The van der Waals surface area contributed by atoms with Crippen LogP contribution in [0.2, 0.25) is 0 Å². The minimum Gasteiger partial charge on any atom is -0.493 e. The number of carbonyl (C=O) groups is 1. The third-order valence-electron chi connectivity index (χ3n) is 4.88. The van der Waals surface area contributed by atoms with Crippen LogP contribution in [-0.2, 0) is 6.54 Å². The number of rotatable bonds is 5. The number of fused-ring (bicyclic) bond motifs is 2. The Morgan fingerprint density at radius 1 is 1.37 bits per heavy atom. The molecular weight excluding hydrogens is 418 g/mol. The molecule has 0 saturated carbocycles. The van der Waals surface area contributed by atoms with Gasteiger partial charge in [0.25, 0.3) is 5.56 Å². The second-order valence-electron chi connectivity index (χ2n) is 6.64. The van der Waals surface area contributed by atoms with Crippen LogP contribution >= 0.6 is 11.3 Å². The molecule has 0 unspecified atom stereocenters. The van der Waals surface area contributed by atoms with Crippen molar-refractivity contribution in [2.45, 2.75) is 26.5 Å². The molecule has 0 fully saturated rings. The third kappa shape index (κ3) is 3.32. The van der Waals surface area contributed by atoms with Crippen molar-refractivity contribution in [3.8, 4) is 11.5 Å². The van der Waals surface area contributed by atoms with E-state index in [0.717, 1.165) is 16.9 Å². The molecule has 0 aliphatic carbocycles. The first kappa shape index (κ1) is 20.0. The van der Waals surface area contributed by atoms with E-state index in [1.165, 1.54) is 17.7 Å². The molecule has 0 spiro atoms. The zero-order valence-corrected chi connectivity index (χ0v) is 16.8. The number of methoxy groups -OCH3 is 1. The number of alkyl halides is 2. The summed E-state index contributed by atoms with van der Waals surface area (Å²) in [6, 6.07) is 4.55. The van der Waals surface area contributed by atoms with Gasteiger partial charge in [0.15, 0.2) is 11.5 Å². The monoisotopic (exact) mass is 434 g/mol. The molecule has 4 rings (SSSR count). The number of aromatic carboxylic acids is 1. The SMILES string of the molecule is COc1cc(C=C2CCn3c2nc2sc(C(=O)O)c(C)c2c3=O)ccc1OC(F)F. The molecule has 1 aromatic carbocycles. The summed E-state index contributed by atoms with van der Waals surface area (Å²) in [6.45, 7) is -0.933. The number of aromatic nitrogens is 2. The number of aryl methyl sites for hydroxylation is 1. The lowest BCUT2D eigenvalue weighted by molar-refractivity contribution is -0.0512. The standard InChI is InChI=1S/C20H16F2N2O5S/c1-9-14-17(30-15(9)19(26)27)23-16-11(5-6-24(16)18(14)25)7-10-3-4-12(29-20(21)22)13(8-10)28-2/h3-4,7-8,20H,5-6H2,1-2H3,(H,26,27). The average molecular weight is 434 g/mol. The molecule has 2 aromatic heterocycles. The number of nitrogens with zero attached hydrogens (tertiary/aromatic N) is 2. The van der Waals surface area contributed by atoms with Crippen LogP contribution in [0.4, 0.5) is 8.78 Å². The number of hydrogen-bond acceptors (Lipinski definition) is 6. The number of ether oxygens (including phenoxy) is 2. The van der Waals surface area contributed by atoms with Gasteiger partial charge in [-0.05, 0) is 48.3 Å². The van der Waals surface area contributed by atoms with Crippen molar-refractivity contribution >= 4 is 39.2 Å². The predicted molar refractivity (Wildman–Crippen MR) is 108 cm³/mol. The maximum Gasteiger partial charge on any atom is 0.387 e.